The highest BCUT2D eigenvalue weighted by Gasteiger charge is 2.37. The van der Waals surface area contributed by atoms with Crippen LogP contribution in [-0.4, -0.2) is 51.1 Å². The Bertz CT molecular complexity index is 1410. The molecule has 1 aliphatic heterocycles. The first-order chi connectivity index (χ1) is 17.6. The molecule has 1 atom stereocenters. The molecule has 0 bridgehead atoms. The van der Waals surface area contributed by atoms with Crippen LogP contribution in [0.4, 0.5) is 23.4 Å². The molecular formula is C27H28F4N6. The molecule has 10 heteroatoms. The second-order valence-corrected chi connectivity index (χ2v) is 9.55. The van der Waals surface area contributed by atoms with Crippen LogP contribution >= 0.6 is 0 Å². The summed E-state index contributed by atoms with van der Waals surface area (Å²) in [4.78, 5) is 4.16. The van der Waals surface area contributed by atoms with E-state index in [2.05, 4.69) is 20.2 Å². The molecule has 1 fully saturated rings. The lowest BCUT2D eigenvalue weighted by Gasteiger charge is -2.40. The summed E-state index contributed by atoms with van der Waals surface area (Å²) in [6.45, 7) is 3.13. The number of aryl methyl sites for hydroxylation is 1. The Labute approximate surface area is 212 Å². The van der Waals surface area contributed by atoms with Crippen LogP contribution in [0.15, 0.2) is 54.7 Å². The molecule has 37 heavy (non-hydrogen) atoms. The molecule has 0 radical (unpaired) electrons. The lowest BCUT2D eigenvalue weighted by atomic mass is 9.96. The van der Waals surface area contributed by atoms with E-state index < -0.39 is 23.6 Å². The highest BCUT2D eigenvalue weighted by Crippen LogP contribution is 2.38. The van der Waals surface area contributed by atoms with Gasteiger partial charge in [0, 0.05) is 49.2 Å². The minimum absolute atomic E-state index is 0.0744. The van der Waals surface area contributed by atoms with E-state index >= 15 is 0 Å². The van der Waals surface area contributed by atoms with Gasteiger partial charge in [-0.3, -0.25) is 9.58 Å². The van der Waals surface area contributed by atoms with Crippen molar-refractivity contribution in [1.82, 2.24) is 24.9 Å². The summed E-state index contributed by atoms with van der Waals surface area (Å²) in [6.07, 6.45) is -1.38. The van der Waals surface area contributed by atoms with Gasteiger partial charge in [0.2, 0.25) is 0 Å². The first kappa shape index (κ1) is 25.1. The average Bonchev–Trinajstić information content (AvgIpc) is 3.32. The molecule has 194 valence electrons. The van der Waals surface area contributed by atoms with Gasteiger partial charge in [0.1, 0.15) is 11.5 Å². The Balaban J connectivity index is 1.35. The van der Waals surface area contributed by atoms with E-state index in [1.807, 2.05) is 49.3 Å². The van der Waals surface area contributed by atoms with Gasteiger partial charge in [-0.1, -0.05) is 30.3 Å². The van der Waals surface area contributed by atoms with Crippen LogP contribution in [0.5, 0.6) is 0 Å². The standard InChI is InChI=1S/C27H28F4N6/c1-17(20-9-8-18(28)16-23(20)27(29,30)31)35(2)19-11-14-37(15-12-19)26-22-7-5-4-6-21(22)25(33-34-26)24-10-13-32-36(24)3/h4-10,13,16-17,19H,11-12,14-15H2,1-3H3. The van der Waals surface area contributed by atoms with Crippen LogP contribution in [-0.2, 0) is 13.2 Å². The van der Waals surface area contributed by atoms with Crippen molar-refractivity contribution in [3.63, 3.8) is 0 Å². The van der Waals surface area contributed by atoms with Gasteiger partial charge in [-0.05, 0) is 50.6 Å². The van der Waals surface area contributed by atoms with Crippen LogP contribution in [0.25, 0.3) is 22.2 Å². The summed E-state index contributed by atoms with van der Waals surface area (Å²) in [5.41, 5.74) is 0.812. The highest BCUT2D eigenvalue weighted by atomic mass is 19.4. The zero-order chi connectivity index (χ0) is 26.3. The van der Waals surface area contributed by atoms with Gasteiger partial charge in [-0.25, -0.2) is 4.39 Å². The number of benzene rings is 2. The maximum absolute atomic E-state index is 13.6. The van der Waals surface area contributed by atoms with Crippen molar-refractivity contribution in [2.75, 3.05) is 25.0 Å². The molecule has 2 aromatic heterocycles. The van der Waals surface area contributed by atoms with Crippen LogP contribution in [0.3, 0.4) is 0 Å². The molecule has 6 nitrogen and oxygen atoms in total. The van der Waals surface area contributed by atoms with Crippen LogP contribution < -0.4 is 4.90 Å². The number of hydrogen-bond donors (Lipinski definition) is 0. The summed E-state index contributed by atoms with van der Waals surface area (Å²) >= 11 is 0. The molecule has 3 heterocycles. The third kappa shape index (κ3) is 4.77. The molecule has 1 aliphatic rings. The van der Waals surface area contributed by atoms with Gasteiger partial charge in [-0.15, -0.1) is 10.2 Å². The fourth-order valence-corrected chi connectivity index (χ4v) is 5.28. The second kappa shape index (κ2) is 9.74. The number of piperidine rings is 1. The van der Waals surface area contributed by atoms with Crippen molar-refractivity contribution in [2.24, 2.45) is 7.05 Å². The second-order valence-electron chi connectivity index (χ2n) is 9.55. The summed E-state index contributed by atoms with van der Waals surface area (Å²) in [6, 6.07) is 12.4. The minimum Gasteiger partial charge on any atom is -0.354 e. The zero-order valence-electron chi connectivity index (χ0n) is 20.9. The van der Waals surface area contributed by atoms with Gasteiger partial charge in [0.15, 0.2) is 5.82 Å². The normalized spacial score (nSPS) is 16.1. The molecule has 2 aromatic carbocycles. The quantitative estimate of drug-likeness (QED) is 0.314. The summed E-state index contributed by atoms with van der Waals surface area (Å²) in [5.74, 6) is -0.0875. The molecule has 1 saturated heterocycles. The van der Waals surface area contributed by atoms with E-state index in [9.17, 15) is 17.6 Å². The molecule has 0 aliphatic carbocycles. The van der Waals surface area contributed by atoms with Crippen molar-refractivity contribution >= 4 is 16.6 Å². The fraction of sp³-hybridized carbons (Fsp3) is 0.370. The van der Waals surface area contributed by atoms with Crippen molar-refractivity contribution in [3.8, 4) is 11.4 Å². The van der Waals surface area contributed by atoms with Gasteiger partial charge in [0.05, 0.1) is 11.3 Å². The number of alkyl halides is 3. The summed E-state index contributed by atoms with van der Waals surface area (Å²) < 4.78 is 56.1. The van der Waals surface area contributed by atoms with E-state index in [1.54, 1.807) is 17.8 Å². The molecule has 4 aromatic rings. The van der Waals surface area contributed by atoms with Crippen molar-refractivity contribution < 1.29 is 17.6 Å². The number of aromatic nitrogens is 4. The summed E-state index contributed by atoms with van der Waals surface area (Å²) in [5, 5.41) is 15.4. The lowest BCUT2D eigenvalue weighted by molar-refractivity contribution is -0.139. The van der Waals surface area contributed by atoms with Gasteiger partial charge < -0.3 is 4.90 Å². The summed E-state index contributed by atoms with van der Waals surface area (Å²) in [7, 11) is 3.71. The number of fused-ring (bicyclic) bond motifs is 1. The van der Waals surface area contributed by atoms with Gasteiger partial charge >= 0.3 is 6.18 Å². The van der Waals surface area contributed by atoms with Crippen molar-refractivity contribution in [2.45, 2.75) is 38.0 Å². The topological polar surface area (TPSA) is 50.1 Å². The SMILES string of the molecule is CC(c1ccc(F)cc1C(F)(F)F)N(C)C1CCN(c2nnc(-c3ccnn3C)c3ccccc23)CC1. The van der Waals surface area contributed by atoms with Crippen molar-refractivity contribution in [3.05, 3.63) is 71.7 Å². The van der Waals surface area contributed by atoms with Crippen molar-refractivity contribution in [1.29, 1.82) is 0 Å². The molecule has 0 spiro atoms. The first-order valence-corrected chi connectivity index (χ1v) is 12.2. The number of rotatable bonds is 5. The van der Waals surface area contributed by atoms with Gasteiger partial charge in [-0.2, -0.15) is 18.3 Å². The Kier molecular flexibility index (Phi) is 6.61. The maximum Gasteiger partial charge on any atom is 0.416 e. The van der Waals surface area contributed by atoms with Crippen LogP contribution in [0.2, 0.25) is 0 Å². The van der Waals surface area contributed by atoms with E-state index in [0.29, 0.717) is 19.2 Å². The number of hydrogen-bond acceptors (Lipinski definition) is 5. The molecule has 0 amide bonds. The Hall–Kier alpha value is -3.53. The largest absolute Gasteiger partial charge is 0.416 e. The first-order valence-electron chi connectivity index (χ1n) is 12.2. The number of anilines is 1. The third-order valence-corrected chi connectivity index (χ3v) is 7.45. The van der Waals surface area contributed by atoms with E-state index in [-0.39, 0.29) is 11.6 Å². The lowest BCUT2D eigenvalue weighted by Crippen LogP contribution is -2.44. The Morgan fingerprint density at radius 2 is 1.70 bits per heavy atom. The van der Waals surface area contributed by atoms with E-state index in [4.69, 9.17) is 0 Å². The predicted octanol–water partition coefficient (Wildman–Crippen LogP) is 5.85. The van der Waals surface area contributed by atoms with E-state index in [1.165, 1.54) is 6.07 Å². The molecule has 0 saturated carbocycles. The number of halogens is 4. The Morgan fingerprint density at radius 3 is 2.35 bits per heavy atom. The Morgan fingerprint density at radius 1 is 1.00 bits per heavy atom. The molecule has 5 rings (SSSR count). The number of nitrogens with zero attached hydrogens (tertiary/aromatic N) is 6. The average molecular weight is 513 g/mol. The molecular weight excluding hydrogens is 484 g/mol. The van der Waals surface area contributed by atoms with Crippen LogP contribution in [0.1, 0.15) is 36.9 Å². The zero-order valence-corrected chi connectivity index (χ0v) is 20.9. The van der Waals surface area contributed by atoms with Gasteiger partial charge in [0.25, 0.3) is 0 Å². The monoisotopic (exact) mass is 512 g/mol. The highest BCUT2D eigenvalue weighted by molar-refractivity contribution is 5.99. The fourth-order valence-electron chi connectivity index (χ4n) is 5.28. The van der Waals surface area contributed by atoms with E-state index in [0.717, 1.165) is 46.9 Å². The molecule has 1 unspecified atom stereocenters. The minimum atomic E-state index is -4.61. The smallest absolute Gasteiger partial charge is 0.354 e. The maximum atomic E-state index is 13.6. The molecule has 0 N–H and O–H groups in total. The third-order valence-electron chi connectivity index (χ3n) is 7.45. The predicted molar refractivity (Wildman–Crippen MR) is 135 cm³/mol. The van der Waals surface area contributed by atoms with Crippen LogP contribution in [0, 0.1) is 5.82 Å².